The van der Waals surface area contributed by atoms with Gasteiger partial charge in [-0.25, -0.2) is 0 Å². The van der Waals surface area contributed by atoms with Crippen molar-refractivity contribution < 1.29 is 0 Å². The molecule has 0 aromatic heterocycles. The first kappa shape index (κ1) is 15.1. The minimum absolute atomic E-state index is 0.648. The van der Waals surface area contributed by atoms with Crippen LogP contribution in [0.4, 0.5) is 0 Å². The fourth-order valence-corrected chi connectivity index (χ4v) is 4.84. The lowest BCUT2D eigenvalue weighted by atomic mass is 10.7. The van der Waals surface area contributed by atoms with Crippen molar-refractivity contribution in [2.75, 3.05) is 53.6 Å². The average molecular weight is 254 g/mol. The Labute approximate surface area is 98.2 Å². The number of hydrogen-bond acceptors (Lipinski definition) is 3. The Kier molecular flexibility index (Phi) is 10.1. The van der Waals surface area contributed by atoms with Gasteiger partial charge in [0, 0.05) is 17.8 Å². The summed E-state index contributed by atoms with van der Waals surface area (Å²) in [5.74, 6) is 0. The van der Waals surface area contributed by atoms with Gasteiger partial charge in [0.1, 0.15) is 0 Å². The molecule has 2 nitrogen and oxygen atoms in total. The van der Waals surface area contributed by atoms with E-state index < -0.39 is 0 Å². The fraction of sp³-hybridized carbons (Fsp3) is 1.00. The van der Waals surface area contributed by atoms with Crippen LogP contribution in [0.15, 0.2) is 0 Å². The van der Waals surface area contributed by atoms with Gasteiger partial charge in [0.2, 0.25) is 0 Å². The normalized spacial score (nSPS) is 15.6. The standard InChI is InChI=1S/C9H24N2P2S/c1-10(2)5-7-12-9(14)13-8-6-11(3)4/h9,12-14H,5-8H2,1-4H3. The molecule has 0 aliphatic rings. The lowest BCUT2D eigenvalue weighted by molar-refractivity contribution is 0.436. The third-order valence-electron chi connectivity index (χ3n) is 1.79. The molecule has 14 heavy (non-hydrogen) atoms. The van der Waals surface area contributed by atoms with Gasteiger partial charge in [-0.1, -0.05) is 0 Å². The molecule has 0 bridgehead atoms. The molecule has 0 aromatic carbocycles. The molecule has 0 aliphatic heterocycles. The molecule has 2 unspecified atom stereocenters. The molecule has 0 aliphatic carbocycles. The molecule has 0 heterocycles. The van der Waals surface area contributed by atoms with Gasteiger partial charge in [0.05, 0.1) is 0 Å². The summed E-state index contributed by atoms with van der Waals surface area (Å²) in [5.41, 5.74) is 0. The molecule has 0 radical (unpaired) electrons. The molecular weight excluding hydrogens is 230 g/mol. The monoisotopic (exact) mass is 254 g/mol. The van der Waals surface area contributed by atoms with Crippen molar-refractivity contribution in [1.29, 1.82) is 0 Å². The van der Waals surface area contributed by atoms with E-state index in [1.165, 1.54) is 25.4 Å². The maximum atomic E-state index is 4.62. The molecule has 0 spiro atoms. The van der Waals surface area contributed by atoms with Crippen LogP contribution in [0.3, 0.4) is 0 Å². The van der Waals surface area contributed by atoms with Crippen LogP contribution in [0.1, 0.15) is 0 Å². The Balaban J connectivity index is 3.23. The number of rotatable bonds is 8. The van der Waals surface area contributed by atoms with E-state index in [4.69, 9.17) is 0 Å². The van der Waals surface area contributed by atoms with Crippen molar-refractivity contribution in [3.05, 3.63) is 0 Å². The van der Waals surface area contributed by atoms with Crippen molar-refractivity contribution in [2.45, 2.75) is 4.73 Å². The van der Waals surface area contributed by atoms with Crippen molar-refractivity contribution >= 4 is 29.8 Å². The van der Waals surface area contributed by atoms with Gasteiger partial charge in [0.25, 0.3) is 0 Å². The molecule has 5 heteroatoms. The fourth-order valence-electron chi connectivity index (χ4n) is 0.922. The third kappa shape index (κ3) is 11.2. The van der Waals surface area contributed by atoms with E-state index in [0.717, 1.165) is 17.2 Å². The molecule has 0 amide bonds. The topological polar surface area (TPSA) is 6.48 Å². The van der Waals surface area contributed by atoms with Crippen LogP contribution >= 0.6 is 29.8 Å². The van der Waals surface area contributed by atoms with Crippen molar-refractivity contribution in [1.82, 2.24) is 9.80 Å². The minimum Gasteiger partial charge on any atom is -0.309 e. The summed E-state index contributed by atoms with van der Waals surface area (Å²) in [5, 5.41) is 0. The van der Waals surface area contributed by atoms with Gasteiger partial charge >= 0.3 is 0 Å². The summed E-state index contributed by atoms with van der Waals surface area (Å²) in [7, 11) is 10.6. The van der Waals surface area contributed by atoms with Crippen LogP contribution in [0.25, 0.3) is 0 Å². The Morgan fingerprint density at radius 2 is 1.29 bits per heavy atom. The highest BCUT2D eigenvalue weighted by molar-refractivity contribution is 7.95. The van der Waals surface area contributed by atoms with Crippen LogP contribution in [-0.2, 0) is 0 Å². The second-order valence-electron chi connectivity index (χ2n) is 3.92. The molecule has 0 fully saturated rings. The summed E-state index contributed by atoms with van der Waals surface area (Å²) in [4.78, 5) is 4.49. The SMILES string of the molecule is CN(C)CCPC(S)PCCN(C)C. The summed E-state index contributed by atoms with van der Waals surface area (Å²) >= 11 is 4.62. The summed E-state index contributed by atoms with van der Waals surface area (Å²) in [6.07, 6.45) is 2.60. The predicted molar refractivity (Wildman–Crippen MR) is 76.2 cm³/mol. The molecule has 2 atom stereocenters. The van der Waals surface area contributed by atoms with Gasteiger partial charge in [-0.05, 0) is 40.5 Å². The Morgan fingerprint density at radius 3 is 1.57 bits per heavy atom. The zero-order valence-electron chi connectivity index (χ0n) is 9.75. The average Bonchev–Trinajstić information content (AvgIpc) is 2.02. The van der Waals surface area contributed by atoms with E-state index in [9.17, 15) is 0 Å². The van der Waals surface area contributed by atoms with Crippen LogP contribution in [0.5, 0.6) is 0 Å². The van der Waals surface area contributed by atoms with Gasteiger partial charge in [-0.3, -0.25) is 0 Å². The maximum absolute atomic E-state index is 4.62. The Morgan fingerprint density at radius 1 is 0.929 bits per heavy atom. The summed E-state index contributed by atoms with van der Waals surface area (Å²) < 4.78 is 0.648. The molecule has 0 N–H and O–H groups in total. The van der Waals surface area contributed by atoms with Crippen LogP contribution in [-0.4, -0.2) is 68.1 Å². The molecule has 0 aromatic rings. The zero-order chi connectivity index (χ0) is 11.0. The van der Waals surface area contributed by atoms with Crippen LogP contribution < -0.4 is 0 Å². The quantitative estimate of drug-likeness (QED) is 0.520. The number of thiol groups is 1. The number of hydrogen-bond donors (Lipinski definition) is 1. The molecule has 0 saturated heterocycles. The van der Waals surface area contributed by atoms with Crippen molar-refractivity contribution in [3.63, 3.8) is 0 Å². The largest absolute Gasteiger partial charge is 0.309 e. The van der Waals surface area contributed by atoms with Gasteiger partial charge in [-0.15, -0.1) is 17.2 Å². The van der Waals surface area contributed by atoms with E-state index >= 15 is 0 Å². The van der Waals surface area contributed by atoms with E-state index in [2.05, 4.69) is 50.6 Å². The first-order valence-corrected chi connectivity index (χ1v) is 8.05. The molecule has 86 valence electrons. The van der Waals surface area contributed by atoms with E-state index in [1.54, 1.807) is 0 Å². The Hall–Kier alpha value is 1.13. The van der Waals surface area contributed by atoms with Crippen LogP contribution in [0.2, 0.25) is 0 Å². The highest BCUT2D eigenvalue weighted by atomic mass is 32.1. The summed E-state index contributed by atoms with van der Waals surface area (Å²) in [6, 6.07) is 0. The van der Waals surface area contributed by atoms with E-state index in [-0.39, 0.29) is 0 Å². The number of nitrogens with zero attached hydrogens (tertiary/aromatic N) is 2. The van der Waals surface area contributed by atoms with Crippen LogP contribution in [0, 0.1) is 0 Å². The Bertz CT molecular complexity index is 120. The smallest absolute Gasteiger partial charge is 0.0357 e. The first-order valence-electron chi connectivity index (χ1n) is 4.96. The molecule has 0 rings (SSSR count). The van der Waals surface area contributed by atoms with Crippen molar-refractivity contribution in [2.24, 2.45) is 0 Å². The minimum atomic E-state index is 0.648. The summed E-state index contributed by atoms with van der Waals surface area (Å²) in [6.45, 7) is 2.40. The van der Waals surface area contributed by atoms with E-state index in [0.29, 0.717) is 4.73 Å². The highest BCUT2D eigenvalue weighted by Crippen LogP contribution is 2.36. The maximum Gasteiger partial charge on any atom is 0.0357 e. The lowest BCUT2D eigenvalue weighted by Gasteiger charge is -2.15. The third-order valence-corrected chi connectivity index (χ3v) is 5.91. The van der Waals surface area contributed by atoms with Crippen molar-refractivity contribution in [3.8, 4) is 0 Å². The first-order chi connectivity index (χ1) is 6.52. The predicted octanol–water partition coefficient (Wildman–Crippen LogP) is 1.68. The molecule has 0 saturated carbocycles. The molecular formula is C9H24N2P2S. The zero-order valence-corrected chi connectivity index (χ0v) is 12.6. The van der Waals surface area contributed by atoms with Gasteiger partial charge in [-0.2, -0.15) is 12.6 Å². The van der Waals surface area contributed by atoms with E-state index in [1.807, 2.05) is 0 Å². The second-order valence-corrected chi connectivity index (χ2v) is 8.95. The lowest BCUT2D eigenvalue weighted by Crippen LogP contribution is -2.15. The second kappa shape index (κ2) is 9.36. The van der Waals surface area contributed by atoms with Gasteiger partial charge < -0.3 is 9.80 Å². The van der Waals surface area contributed by atoms with Gasteiger partial charge in [0.15, 0.2) is 0 Å². The highest BCUT2D eigenvalue weighted by Gasteiger charge is 2.02.